The van der Waals surface area contributed by atoms with Crippen LogP contribution >= 0.6 is 50.5 Å². The summed E-state index contributed by atoms with van der Waals surface area (Å²) >= 11 is 11.1. The van der Waals surface area contributed by atoms with Gasteiger partial charge in [0.15, 0.2) is 53.6 Å². The predicted octanol–water partition coefficient (Wildman–Crippen LogP) is 5.92. The van der Waals surface area contributed by atoms with Crippen molar-refractivity contribution in [3.8, 4) is 45.3 Å². The number of methoxy groups -OCH3 is 2. The summed E-state index contributed by atoms with van der Waals surface area (Å²) in [5, 5.41) is 5.59. The van der Waals surface area contributed by atoms with E-state index in [2.05, 4.69) is 111 Å². The summed E-state index contributed by atoms with van der Waals surface area (Å²) in [5.41, 5.74) is 1.70. The molecular weight excluding hydrogens is 1610 g/mol. The van der Waals surface area contributed by atoms with Gasteiger partial charge in [-0.05, 0) is 86.8 Å². The molecule has 4 atom stereocenters. The molecule has 0 saturated carbocycles. The van der Waals surface area contributed by atoms with E-state index in [-0.39, 0.29) is 78.0 Å². The summed E-state index contributed by atoms with van der Waals surface area (Å²) in [7, 11) is 2.38. The molecule has 0 radical (unpaired) electrons. The van der Waals surface area contributed by atoms with Crippen LogP contribution in [0.15, 0.2) is 72.8 Å². The van der Waals surface area contributed by atoms with Crippen LogP contribution in [-0.2, 0) is 38.1 Å². The number of ether oxygens (including phenoxy) is 8. The van der Waals surface area contributed by atoms with E-state index in [4.69, 9.17) is 28.4 Å². The standard InChI is InChI=1S/C43H54N4O14.C17H12Br2O4.HI2Xe/c1-24(2)32(44-40(54)56-7)36(50)46-19-9-17-42(46,5)38(52)58-21-30(48)27-13-11-26(12-14-27)28-15-16-29(35-34(28)60-23-61-35)31(49)22-59-39(53)43(6)18-10-20-47(43)37(51)33(25(3)4)45-41(55)57-8;18-7-14(20)11-3-1-10(2-4-11)12-5-6-13(15(21)8-19)17-16(12)22-9-23-17;1-2-3/h11-16,24-25,32-33H,9-10,17-23H2,1-8H3,(H,44,54)(H,45,55);1-6H,7-9H2;3H/q;;-1/t32-,33-,42-,43-;;/m0../s1. The Morgan fingerprint density at radius 3 is 1.29 bits per heavy atom. The van der Waals surface area contributed by atoms with Gasteiger partial charge in [-0.15, -0.1) is 0 Å². The van der Waals surface area contributed by atoms with Gasteiger partial charge in [0.05, 0.1) is 36.0 Å². The summed E-state index contributed by atoms with van der Waals surface area (Å²) in [6.45, 7) is 9.95. The third kappa shape index (κ3) is 17.0. The molecule has 0 unspecified atom stereocenters. The number of alkyl halides is 2. The summed E-state index contributed by atoms with van der Waals surface area (Å²) in [6.07, 6.45) is 0.0976. The van der Waals surface area contributed by atoms with Crippen molar-refractivity contribution in [2.24, 2.45) is 11.8 Å². The second-order valence-corrected chi connectivity index (χ2v) is 38.6. The largest absolute Gasteiger partial charge is 0.453 e. The van der Waals surface area contributed by atoms with E-state index < -0.39 is 83.9 Å². The number of alkyl carbamates (subject to hydrolysis) is 2. The van der Waals surface area contributed by atoms with Crippen LogP contribution in [-0.4, -0.2) is 157 Å². The Morgan fingerprint density at radius 1 is 0.563 bits per heavy atom. The minimum atomic E-state index is -1.37. The van der Waals surface area contributed by atoms with E-state index in [9.17, 15) is 47.9 Å². The average Bonchev–Trinajstić information content (AvgIpc) is 2.04. The van der Waals surface area contributed by atoms with Gasteiger partial charge in [-0.1, -0.05) is 108 Å². The third-order valence-electron chi connectivity index (χ3n) is 15.1. The number of benzene rings is 4. The zero-order valence-corrected chi connectivity index (χ0v) is 58.5. The number of carbonyl (C=O) groups excluding carboxylic acids is 10. The Morgan fingerprint density at radius 2 is 0.920 bits per heavy atom. The molecule has 27 heteroatoms. The van der Waals surface area contributed by atoms with Gasteiger partial charge in [-0.25, -0.2) is 19.2 Å². The van der Waals surface area contributed by atoms with Crippen molar-refractivity contribution in [1.29, 1.82) is 0 Å². The van der Waals surface area contributed by atoms with Crippen molar-refractivity contribution in [2.75, 3.05) is 64.8 Å². The number of rotatable bonds is 20. The molecule has 4 aliphatic rings. The monoisotopic (exact) mass is 1670 g/mol. The van der Waals surface area contributed by atoms with Crippen molar-refractivity contribution in [3.63, 3.8) is 0 Å². The van der Waals surface area contributed by atoms with Crippen LogP contribution in [0.1, 0.15) is 109 Å². The number of likely N-dealkylation sites (tertiary alicyclic amines) is 2. The average molecular weight is 1680 g/mol. The van der Waals surface area contributed by atoms with Gasteiger partial charge in [0.2, 0.25) is 31.2 Å². The maximum atomic E-state index is 13.5. The van der Waals surface area contributed by atoms with Crippen molar-refractivity contribution < 1.29 is 133 Å². The van der Waals surface area contributed by atoms with Crippen LogP contribution in [0.4, 0.5) is 9.59 Å². The molecule has 472 valence electrons. The first-order chi connectivity index (χ1) is 41.4. The van der Waals surface area contributed by atoms with E-state index >= 15 is 0 Å². The second kappa shape index (κ2) is 32.8. The van der Waals surface area contributed by atoms with Gasteiger partial charge < -0.3 is 58.3 Å². The van der Waals surface area contributed by atoms with Crippen molar-refractivity contribution >= 4 is 110 Å². The van der Waals surface area contributed by atoms with Crippen LogP contribution in [0, 0.1) is 52.3 Å². The molecule has 4 aromatic carbocycles. The predicted molar refractivity (Wildman–Crippen MR) is 325 cm³/mol. The zero-order chi connectivity index (χ0) is 63.9. The molecule has 0 aromatic heterocycles. The number of Topliss-reactive ketones (excluding diaryl/α,β-unsaturated/α-hetero) is 4. The Kier molecular flexibility index (Phi) is 26.8. The van der Waals surface area contributed by atoms with E-state index in [1.165, 1.54) is 30.1 Å². The molecule has 87 heavy (non-hydrogen) atoms. The number of hydrogen-bond acceptors (Lipinski definition) is 18. The van der Waals surface area contributed by atoms with Crippen molar-refractivity contribution in [3.05, 3.63) is 95.1 Å². The number of halogens is 4. The molecule has 4 aromatic rings. The minimum Gasteiger partial charge on any atom is -0.453 e. The Balaban J connectivity index is 0.000000383. The Bertz CT molecular complexity index is 3250. The molecule has 2 fully saturated rings. The number of nitrogens with one attached hydrogen (secondary N) is 2. The molecule has 0 bridgehead atoms. The quantitative estimate of drug-likeness (QED) is 0.0342. The smallest absolute Gasteiger partial charge is 0.231 e. The van der Waals surface area contributed by atoms with Crippen LogP contribution in [0.25, 0.3) is 22.3 Å². The molecule has 0 aliphatic carbocycles. The second-order valence-electron chi connectivity index (χ2n) is 21.2. The first-order valence-electron chi connectivity index (χ1n) is 27.3. The number of esters is 2. The van der Waals surface area contributed by atoms with Gasteiger partial charge in [-0.2, -0.15) is 0 Å². The molecule has 4 amide bonds. The van der Waals surface area contributed by atoms with E-state index in [0.717, 1.165) is 11.1 Å². The van der Waals surface area contributed by atoms with Crippen molar-refractivity contribution in [2.45, 2.75) is 90.4 Å². The molecule has 0 spiro atoms. The van der Waals surface area contributed by atoms with Crippen molar-refractivity contribution in [1.82, 2.24) is 20.4 Å². The molecule has 22 nitrogen and oxygen atoms in total. The van der Waals surface area contributed by atoms with E-state index in [0.29, 0.717) is 71.4 Å². The Labute approximate surface area is 563 Å². The maximum Gasteiger partial charge on any atom is 0.231 e. The number of fused-ring (bicyclic) bond motifs is 2. The zero-order valence-electron chi connectivity index (χ0n) is 48.9. The molecular formula is C60H67Br2I2N4O18Xe-. The van der Waals surface area contributed by atoms with Crippen LogP contribution in [0.5, 0.6) is 23.0 Å². The van der Waals surface area contributed by atoms with E-state index in [1.54, 1.807) is 90.1 Å². The van der Waals surface area contributed by atoms with Crippen LogP contribution in [0.3, 0.4) is 0 Å². The minimum absolute atomic E-state index is 0.0274. The fraction of sp³-hybridized carbons (Fsp3) is 0.433. The SMILES string of the molecule is COC(=O)N[C@H](C(=O)N1CCC[C@@]1(C)C(=O)OCC(=O)c1ccc(-c2ccc(C(=O)COC(=O)[C@]3(C)CCCN3C(=O)[C@@H](NC(=O)OC)C(C)C)c3c2OCO3)cc1)C(C)C.I[I-][XeH].O=C(CBr)c1ccc(-c2ccc(C(=O)CBr)c3c2OCO3)cc1. The third-order valence-corrected chi connectivity index (χ3v) is 16.1. The number of nitrogens with zero attached hydrogens (tertiary/aromatic N) is 2. The number of amides is 4. The van der Waals surface area contributed by atoms with E-state index in [1.807, 2.05) is 18.2 Å². The number of ketones is 4. The van der Waals surface area contributed by atoms with Gasteiger partial charge in [0.1, 0.15) is 23.2 Å². The fourth-order valence-electron chi connectivity index (χ4n) is 10.2. The molecule has 4 aliphatic heterocycles. The van der Waals surface area contributed by atoms with Crippen LogP contribution < -0.4 is 36.2 Å². The first-order valence-corrected chi connectivity index (χ1v) is 42.1. The topological polar surface area (TPSA) is 275 Å². The molecule has 2 N–H and O–H groups in total. The summed E-state index contributed by atoms with van der Waals surface area (Å²) in [4.78, 5) is 131. The van der Waals surface area contributed by atoms with Crippen LogP contribution in [0.2, 0.25) is 0 Å². The maximum absolute atomic E-state index is 13.5. The summed E-state index contributed by atoms with van der Waals surface area (Å²) in [5.74, 6) is -2.64. The van der Waals surface area contributed by atoms with Gasteiger partial charge in [0.25, 0.3) is 0 Å². The first kappa shape index (κ1) is 71.2. The van der Waals surface area contributed by atoms with Gasteiger partial charge in [0, 0.05) is 35.3 Å². The number of carbonyl (C=O) groups is 10. The van der Waals surface area contributed by atoms with Gasteiger partial charge >= 0.3 is 89.8 Å². The normalized spacial score (nSPS) is 17.6. The Hall–Kier alpha value is -4.83. The van der Waals surface area contributed by atoms with Gasteiger partial charge in [-0.3, -0.25) is 28.8 Å². The molecule has 4 heterocycles. The fourth-order valence-corrected chi connectivity index (χ4v) is 10.9. The number of hydrogen-bond donors (Lipinski definition) is 2. The summed E-state index contributed by atoms with van der Waals surface area (Å²) in [6, 6.07) is 18.6. The summed E-state index contributed by atoms with van der Waals surface area (Å²) < 4.78 is 42.8. The molecule has 8 rings (SSSR count). The molecule has 2 saturated heterocycles.